The maximum Gasteiger partial charge on any atom is 0.243 e. The second-order valence-corrected chi connectivity index (χ2v) is 6.92. The first kappa shape index (κ1) is 15.5. The summed E-state index contributed by atoms with van der Waals surface area (Å²) in [4.78, 5) is 0.0883. The highest BCUT2D eigenvalue weighted by atomic mass is 79.9. The Morgan fingerprint density at radius 1 is 1.44 bits per heavy atom. The van der Waals surface area contributed by atoms with Crippen molar-refractivity contribution in [3.05, 3.63) is 21.1 Å². The molecule has 0 aromatic heterocycles. The lowest BCUT2D eigenvalue weighted by Gasteiger charge is -2.14. The Morgan fingerprint density at radius 2 is 1.94 bits per heavy atom. The van der Waals surface area contributed by atoms with E-state index < -0.39 is 16.1 Å². The molecule has 0 radical (unpaired) electrons. The van der Waals surface area contributed by atoms with Gasteiger partial charge in [-0.15, -0.1) is 6.42 Å². The number of benzene rings is 1. The van der Waals surface area contributed by atoms with Gasteiger partial charge in [-0.2, -0.15) is 4.72 Å². The standard InChI is InChI=1S/C11H12Br2N2O2S/c1-3-8(4-2)15-18(16,17)11-9(12)5-7(14)6-10(11)13/h1,5-6,8,15H,4,14H2,2H3. The fraction of sp³-hybridized carbons (Fsp3) is 0.273. The second-order valence-electron chi connectivity index (χ2n) is 3.56. The minimum Gasteiger partial charge on any atom is -0.399 e. The van der Waals surface area contributed by atoms with Gasteiger partial charge in [-0.25, -0.2) is 8.42 Å². The molecule has 1 aromatic rings. The van der Waals surface area contributed by atoms with E-state index in [2.05, 4.69) is 42.5 Å². The maximum absolute atomic E-state index is 12.2. The summed E-state index contributed by atoms with van der Waals surface area (Å²) in [7, 11) is -3.70. The van der Waals surface area contributed by atoms with E-state index in [4.69, 9.17) is 12.2 Å². The van der Waals surface area contributed by atoms with E-state index in [0.717, 1.165) is 0 Å². The van der Waals surface area contributed by atoms with Crippen LogP contribution in [0.5, 0.6) is 0 Å². The van der Waals surface area contributed by atoms with E-state index >= 15 is 0 Å². The third kappa shape index (κ3) is 3.48. The van der Waals surface area contributed by atoms with Crippen LogP contribution in [0.4, 0.5) is 5.69 Å². The monoisotopic (exact) mass is 394 g/mol. The third-order valence-electron chi connectivity index (χ3n) is 2.20. The third-order valence-corrected chi connectivity index (χ3v) is 5.54. The number of anilines is 1. The highest BCUT2D eigenvalue weighted by molar-refractivity contribution is 9.11. The van der Waals surface area contributed by atoms with E-state index in [1.165, 1.54) is 12.1 Å². The predicted octanol–water partition coefficient (Wildman–Crippen LogP) is 2.48. The second kappa shape index (κ2) is 6.06. The molecule has 1 aromatic carbocycles. The van der Waals surface area contributed by atoms with Gasteiger partial charge in [0.2, 0.25) is 10.0 Å². The van der Waals surface area contributed by atoms with E-state index in [9.17, 15) is 8.42 Å². The van der Waals surface area contributed by atoms with Gasteiger partial charge in [-0.05, 0) is 50.4 Å². The van der Waals surface area contributed by atoms with Crippen LogP contribution in [0.3, 0.4) is 0 Å². The Bertz CT molecular complexity index is 571. The minimum absolute atomic E-state index is 0.0883. The summed E-state index contributed by atoms with van der Waals surface area (Å²) in [5, 5.41) is 0. The molecular formula is C11H12Br2N2O2S. The van der Waals surface area contributed by atoms with Crippen LogP contribution in [0, 0.1) is 12.3 Å². The van der Waals surface area contributed by atoms with E-state index in [1.807, 2.05) is 0 Å². The quantitative estimate of drug-likeness (QED) is 0.607. The number of halogens is 2. The van der Waals surface area contributed by atoms with E-state index in [0.29, 0.717) is 21.1 Å². The van der Waals surface area contributed by atoms with Crippen LogP contribution in [0.25, 0.3) is 0 Å². The van der Waals surface area contributed by atoms with Crippen LogP contribution in [-0.2, 0) is 10.0 Å². The molecular weight excluding hydrogens is 384 g/mol. The molecule has 98 valence electrons. The van der Waals surface area contributed by atoms with Gasteiger partial charge in [0, 0.05) is 14.6 Å². The summed E-state index contributed by atoms with van der Waals surface area (Å²) in [5.74, 6) is 2.38. The number of nitrogens with one attached hydrogen (secondary N) is 1. The van der Waals surface area contributed by atoms with Crippen molar-refractivity contribution >= 4 is 47.6 Å². The number of nitrogen functional groups attached to an aromatic ring is 1. The van der Waals surface area contributed by atoms with Crippen molar-refractivity contribution in [1.29, 1.82) is 0 Å². The number of terminal acetylenes is 1. The SMILES string of the molecule is C#CC(CC)NS(=O)(=O)c1c(Br)cc(N)cc1Br. The Hall–Kier alpha value is -0.550. The van der Waals surface area contributed by atoms with Crippen LogP contribution in [-0.4, -0.2) is 14.5 Å². The Balaban J connectivity index is 3.26. The van der Waals surface area contributed by atoms with Gasteiger partial charge in [-0.3, -0.25) is 0 Å². The van der Waals surface area contributed by atoms with Crippen LogP contribution in [0.15, 0.2) is 26.0 Å². The number of hydrogen-bond donors (Lipinski definition) is 2. The normalized spacial score (nSPS) is 13.0. The molecule has 1 rings (SSSR count). The van der Waals surface area contributed by atoms with Crippen molar-refractivity contribution in [2.24, 2.45) is 0 Å². The first-order valence-corrected chi connectivity index (χ1v) is 8.11. The van der Waals surface area contributed by atoms with Crippen LogP contribution >= 0.6 is 31.9 Å². The fourth-order valence-electron chi connectivity index (χ4n) is 1.32. The van der Waals surface area contributed by atoms with Crippen LogP contribution in [0.2, 0.25) is 0 Å². The van der Waals surface area contributed by atoms with Crippen molar-refractivity contribution in [3.8, 4) is 12.3 Å². The molecule has 0 heterocycles. The smallest absolute Gasteiger partial charge is 0.243 e. The number of hydrogen-bond acceptors (Lipinski definition) is 3. The molecule has 0 spiro atoms. The Labute approximate surface area is 124 Å². The number of sulfonamides is 1. The van der Waals surface area contributed by atoms with Gasteiger partial charge in [0.05, 0.1) is 6.04 Å². The summed E-state index contributed by atoms with van der Waals surface area (Å²) in [6, 6.07) is 2.51. The lowest BCUT2D eigenvalue weighted by Crippen LogP contribution is -2.33. The molecule has 1 unspecified atom stereocenters. The average molecular weight is 396 g/mol. The zero-order valence-corrected chi connectivity index (χ0v) is 13.6. The maximum atomic E-state index is 12.2. The van der Waals surface area contributed by atoms with Crippen molar-refractivity contribution in [2.45, 2.75) is 24.3 Å². The van der Waals surface area contributed by atoms with Gasteiger partial charge in [0.15, 0.2) is 0 Å². The summed E-state index contributed by atoms with van der Waals surface area (Å²) in [5.41, 5.74) is 6.07. The molecule has 0 saturated heterocycles. The zero-order valence-electron chi connectivity index (χ0n) is 9.57. The molecule has 0 aliphatic heterocycles. The summed E-state index contributed by atoms with van der Waals surface area (Å²) < 4.78 is 27.6. The molecule has 0 fully saturated rings. The molecule has 0 bridgehead atoms. The lowest BCUT2D eigenvalue weighted by molar-refractivity contribution is 0.569. The van der Waals surface area contributed by atoms with Crippen molar-refractivity contribution < 1.29 is 8.42 Å². The van der Waals surface area contributed by atoms with Crippen molar-refractivity contribution in [3.63, 3.8) is 0 Å². The Kier molecular flexibility index (Phi) is 5.22. The molecule has 4 nitrogen and oxygen atoms in total. The molecule has 7 heteroatoms. The molecule has 1 atom stereocenters. The minimum atomic E-state index is -3.70. The first-order valence-electron chi connectivity index (χ1n) is 5.04. The van der Waals surface area contributed by atoms with Gasteiger partial charge in [0.25, 0.3) is 0 Å². The van der Waals surface area contributed by atoms with Crippen LogP contribution in [0.1, 0.15) is 13.3 Å². The summed E-state index contributed by atoms with van der Waals surface area (Å²) in [6.07, 6.45) is 5.76. The van der Waals surface area contributed by atoms with Crippen molar-refractivity contribution in [2.75, 3.05) is 5.73 Å². The molecule has 0 aliphatic rings. The number of rotatable bonds is 4. The molecule has 18 heavy (non-hydrogen) atoms. The largest absolute Gasteiger partial charge is 0.399 e. The molecule has 0 saturated carbocycles. The lowest BCUT2D eigenvalue weighted by atomic mass is 10.3. The topological polar surface area (TPSA) is 72.2 Å². The summed E-state index contributed by atoms with van der Waals surface area (Å²) >= 11 is 6.37. The van der Waals surface area contributed by atoms with Gasteiger partial charge >= 0.3 is 0 Å². The molecule has 0 amide bonds. The van der Waals surface area contributed by atoms with Crippen molar-refractivity contribution in [1.82, 2.24) is 4.72 Å². The molecule has 0 aliphatic carbocycles. The van der Waals surface area contributed by atoms with Gasteiger partial charge in [-0.1, -0.05) is 12.8 Å². The van der Waals surface area contributed by atoms with E-state index in [1.54, 1.807) is 6.92 Å². The fourth-order valence-corrected chi connectivity index (χ4v) is 5.18. The number of nitrogens with two attached hydrogens (primary N) is 1. The van der Waals surface area contributed by atoms with Crippen LogP contribution < -0.4 is 10.5 Å². The highest BCUT2D eigenvalue weighted by Crippen LogP contribution is 2.32. The predicted molar refractivity (Wildman–Crippen MR) is 79.5 cm³/mol. The molecule has 3 N–H and O–H groups in total. The Morgan fingerprint density at radius 3 is 2.33 bits per heavy atom. The highest BCUT2D eigenvalue weighted by Gasteiger charge is 2.23. The first-order chi connectivity index (χ1) is 8.31. The zero-order chi connectivity index (χ0) is 13.9. The van der Waals surface area contributed by atoms with Gasteiger partial charge in [0.1, 0.15) is 4.90 Å². The van der Waals surface area contributed by atoms with E-state index in [-0.39, 0.29) is 4.90 Å². The summed E-state index contributed by atoms with van der Waals surface area (Å²) in [6.45, 7) is 1.81. The average Bonchev–Trinajstić information content (AvgIpc) is 2.23. The van der Waals surface area contributed by atoms with Gasteiger partial charge < -0.3 is 5.73 Å².